The number of carbonyl (C=O) groups is 2. The lowest BCUT2D eigenvalue weighted by molar-refractivity contribution is -0.124. The molecule has 1 unspecified atom stereocenters. The van der Waals surface area contributed by atoms with Gasteiger partial charge in [-0.05, 0) is 43.7 Å². The summed E-state index contributed by atoms with van der Waals surface area (Å²) in [5, 5.41) is 5.94. The fourth-order valence-corrected chi connectivity index (χ4v) is 3.29. The first kappa shape index (κ1) is 18.5. The van der Waals surface area contributed by atoms with E-state index in [1.165, 1.54) is 32.1 Å². The monoisotopic (exact) mass is 330 g/mol. The first-order valence-corrected chi connectivity index (χ1v) is 9.12. The predicted octanol–water partition coefficient (Wildman–Crippen LogP) is 3.45. The molecule has 2 rings (SSSR count). The molecule has 1 aliphatic carbocycles. The van der Waals surface area contributed by atoms with Gasteiger partial charge >= 0.3 is 0 Å². The molecule has 0 spiro atoms. The van der Waals surface area contributed by atoms with Crippen molar-refractivity contribution in [2.45, 2.75) is 58.9 Å². The Morgan fingerprint density at radius 3 is 2.50 bits per heavy atom. The Labute approximate surface area is 145 Å². The maximum absolute atomic E-state index is 12.5. The van der Waals surface area contributed by atoms with E-state index in [0.717, 1.165) is 12.1 Å². The van der Waals surface area contributed by atoms with Crippen molar-refractivity contribution in [3.63, 3.8) is 0 Å². The van der Waals surface area contributed by atoms with E-state index in [0.29, 0.717) is 11.5 Å². The lowest BCUT2D eigenvalue weighted by Crippen LogP contribution is -2.50. The Morgan fingerprint density at radius 1 is 1.17 bits per heavy atom. The SMILES string of the molecule is Cc1cccc(C(=O)NC(C(=O)NCC2CCCCC2)C(C)C)c1. The van der Waals surface area contributed by atoms with E-state index < -0.39 is 6.04 Å². The van der Waals surface area contributed by atoms with Crippen molar-refractivity contribution >= 4 is 11.8 Å². The van der Waals surface area contributed by atoms with Gasteiger partial charge in [-0.2, -0.15) is 0 Å². The largest absolute Gasteiger partial charge is 0.354 e. The van der Waals surface area contributed by atoms with Crippen LogP contribution in [0.15, 0.2) is 24.3 Å². The van der Waals surface area contributed by atoms with Gasteiger partial charge in [0.15, 0.2) is 0 Å². The normalized spacial score (nSPS) is 16.7. The molecule has 0 bridgehead atoms. The van der Waals surface area contributed by atoms with Gasteiger partial charge in [0.1, 0.15) is 6.04 Å². The van der Waals surface area contributed by atoms with Crippen molar-refractivity contribution in [3.05, 3.63) is 35.4 Å². The molecule has 1 atom stereocenters. The Morgan fingerprint density at radius 2 is 1.88 bits per heavy atom. The first-order valence-electron chi connectivity index (χ1n) is 9.12. The van der Waals surface area contributed by atoms with Crippen LogP contribution in [0.5, 0.6) is 0 Å². The van der Waals surface area contributed by atoms with Gasteiger partial charge in [-0.25, -0.2) is 0 Å². The third-order valence-electron chi connectivity index (χ3n) is 4.81. The van der Waals surface area contributed by atoms with Crippen LogP contribution in [0.1, 0.15) is 61.9 Å². The van der Waals surface area contributed by atoms with Crippen molar-refractivity contribution in [1.82, 2.24) is 10.6 Å². The standard InChI is InChI=1S/C20H30N2O2/c1-14(2)18(20(24)21-13-16-9-5-4-6-10-16)22-19(23)17-11-7-8-15(3)12-17/h7-8,11-12,14,16,18H,4-6,9-10,13H2,1-3H3,(H,21,24)(H,22,23). The van der Waals surface area contributed by atoms with E-state index in [-0.39, 0.29) is 17.7 Å². The molecule has 1 fully saturated rings. The maximum atomic E-state index is 12.5. The average molecular weight is 330 g/mol. The Hall–Kier alpha value is -1.84. The third kappa shape index (κ3) is 5.36. The lowest BCUT2D eigenvalue weighted by atomic mass is 9.89. The van der Waals surface area contributed by atoms with Crippen LogP contribution in [0.3, 0.4) is 0 Å². The molecule has 1 aliphatic rings. The predicted molar refractivity (Wildman–Crippen MR) is 96.9 cm³/mol. The van der Waals surface area contributed by atoms with Crippen LogP contribution in [-0.4, -0.2) is 24.4 Å². The van der Waals surface area contributed by atoms with Crippen molar-refractivity contribution < 1.29 is 9.59 Å². The number of benzene rings is 1. The minimum atomic E-state index is -0.499. The van der Waals surface area contributed by atoms with E-state index in [4.69, 9.17) is 0 Å². The Kier molecular flexibility index (Phi) is 6.83. The number of hydrogen-bond donors (Lipinski definition) is 2. The summed E-state index contributed by atoms with van der Waals surface area (Å²) in [4.78, 5) is 25.0. The van der Waals surface area contributed by atoms with Gasteiger partial charge in [0, 0.05) is 12.1 Å². The van der Waals surface area contributed by atoms with Crippen molar-refractivity contribution in [1.29, 1.82) is 0 Å². The lowest BCUT2D eigenvalue weighted by Gasteiger charge is -2.25. The summed E-state index contributed by atoms with van der Waals surface area (Å²) in [6, 6.07) is 6.93. The first-order chi connectivity index (χ1) is 11.5. The highest BCUT2D eigenvalue weighted by atomic mass is 16.2. The van der Waals surface area contributed by atoms with Crippen LogP contribution in [0.25, 0.3) is 0 Å². The van der Waals surface area contributed by atoms with Gasteiger partial charge in [0.2, 0.25) is 5.91 Å². The van der Waals surface area contributed by atoms with Crippen LogP contribution in [0.4, 0.5) is 0 Å². The van der Waals surface area contributed by atoms with Crippen molar-refractivity contribution in [3.8, 4) is 0 Å². The molecule has 0 aliphatic heterocycles. The van der Waals surface area contributed by atoms with E-state index in [1.807, 2.05) is 39.0 Å². The number of rotatable bonds is 6. The zero-order valence-corrected chi connectivity index (χ0v) is 15.1. The topological polar surface area (TPSA) is 58.2 Å². The second kappa shape index (κ2) is 8.86. The second-order valence-electron chi connectivity index (χ2n) is 7.31. The van der Waals surface area contributed by atoms with Crippen molar-refractivity contribution in [2.24, 2.45) is 11.8 Å². The molecule has 24 heavy (non-hydrogen) atoms. The Balaban J connectivity index is 1.92. The van der Waals surface area contributed by atoms with Gasteiger partial charge in [-0.1, -0.05) is 50.8 Å². The number of aryl methyl sites for hydroxylation is 1. The van der Waals surface area contributed by atoms with Crippen LogP contribution in [-0.2, 0) is 4.79 Å². The average Bonchev–Trinajstić information content (AvgIpc) is 2.58. The van der Waals surface area contributed by atoms with Crippen molar-refractivity contribution in [2.75, 3.05) is 6.54 Å². The van der Waals surface area contributed by atoms with Crippen LogP contribution < -0.4 is 10.6 Å². The molecule has 0 aromatic heterocycles. The van der Waals surface area contributed by atoms with Gasteiger partial charge in [-0.3, -0.25) is 9.59 Å². The summed E-state index contributed by atoms with van der Waals surface area (Å²) < 4.78 is 0. The van der Waals surface area contributed by atoms with E-state index >= 15 is 0 Å². The molecule has 4 nitrogen and oxygen atoms in total. The zero-order valence-electron chi connectivity index (χ0n) is 15.1. The molecule has 4 heteroatoms. The van der Waals surface area contributed by atoms with E-state index in [2.05, 4.69) is 10.6 Å². The third-order valence-corrected chi connectivity index (χ3v) is 4.81. The molecule has 2 amide bonds. The second-order valence-corrected chi connectivity index (χ2v) is 7.31. The molecule has 1 aromatic carbocycles. The molecular formula is C20H30N2O2. The highest BCUT2D eigenvalue weighted by molar-refractivity contribution is 5.97. The highest BCUT2D eigenvalue weighted by Gasteiger charge is 2.25. The van der Waals surface area contributed by atoms with Crippen LogP contribution >= 0.6 is 0 Å². The van der Waals surface area contributed by atoms with Crippen LogP contribution in [0.2, 0.25) is 0 Å². The summed E-state index contributed by atoms with van der Waals surface area (Å²) in [7, 11) is 0. The zero-order chi connectivity index (χ0) is 17.5. The number of nitrogens with one attached hydrogen (secondary N) is 2. The fraction of sp³-hybridized carbons (Fsp3) is 0.600. The summed E-state index contributed by atoms with van der Waals surface area (Å²) in [6.45, 7) is 6.60. The Bertz CT molecular complexity index is 563. The molecule has 1 saturated carbocycles. The summed E-state index contributed by atoms with van der Waals surface area (Å²) in [5.41, 5.74) is 1.63. The number of carbonyl (C=O) groups excluding carboxylic acids is 2. The van der Waals surface area contributed by atoms with Gasteiger partial charge in [0.25, 0.3) is 5.91 Å². The molecule has 132 valence electrons. The van der Waals surface area contributed by atoms with Crippen LogP contribution in [0, 0.1) is 18.8 Å². The van der Waals surface area contributed by atoms with Gasteiger partial charge in [-0.15, -0.1) is 0 Å². The van der Waals surface area contributed by atoms with E-state index in [1.54, 1.807) is 6.07 Å². The number of hydrogen-bond acceptors (Lipinski definition) is 2. The van der Waals surface area contributed by atoms with E-state index in [9.17, 15) is 9.59 Å². The quantitative estimate of drug-likeness (QED) is 0.839. The minimum Gasteiger partial charge on any atom is -0.354 e. The fourth-order valence-electron chi connectivity index (χ4n) is 3.29. The smallest absolute Gasteiger partial charge is 0.251 e. The minimum absolute atomic E-state index is 0.0464. The molecular weight excluding hydrogens is 300 g/mol. The number of amides is 2. The summed E-state index contributed by atoms with van der Waals surface area (Å²) >= 11 is 0. The molecule has 0 radical (unpaired) electrons. The summed E-state index contributed by atoms with van der Waals surface area (Å²) in [5.74, 6) is 0.370. The molecule has 0 saturated heterocycles. The van der Waals surface area contributed by atoms with Gasteiger partial charge in [0.05, 0.1) is 0 Å². The maximum Gasteiger partial charge on any atom is 0.251 e. The summed E-state index contributed by atoms with van der Waals surface area (Å²) in [6.07, 6.45) is 6.23. The molecule has 0 heterocycles. The highest BCUT2D eigenvalue weighted by Crippen LogP contribution is 2.22. The molecule has 2 N–H and O–H groups in total. The van der Waals surface area contributed by atoms with Gasteiger partial charge < -0.3 is 10.6 Å². The molecule has 1 aromatic rings.